The lowest BCUT2D eigenvalue weighted by Crippen LogP contribution is -2.38. The zero-order valence-corrected chi connectivity index (χ0v) is 22.3. The van der Waals surface area contributed by atoms with Crippen molar-refractivity contribution in [3.63, 3.8) is 0 Å². The van der Waals surface area contributed by atoms with Crippen molar-refractivity contribution < 1.29 is 29.0 Å². The first kappa shape index (κ1) is 28.3. The van der Waals surface area contributed by atoms with Crippen molar-refractivity contribution in [1.29, 1.82) is 5.41 Å². The van der Waals surface area contributed by atoms with Crippen molar-refractivity contribution in [2.75, 3.05) is 19.8 Å². The van der Waals surface area contributed by atoms with E-state index < -0.39 is 18.0 Å². The van der Waals surface area contributed by atoms with Crippen molar-refractivity contribution in [3.05, 3.63) is 70.9 Å². The van der Waals surface area contributed by atoms with E-state index in [0.717, 1.165) is 30.4 Å². The third-order valence-corrected chi connectivity index (χ3v) is 6.75. The van der Waals surface area contributed by atoms with Gasteiger partial charge in [-0.15, -0.1) is 0 Å². The SMILES string of the molecule is C=C1Cc2cccc(OCC(=O)O)c2C(N)=N1.CCCNC(=O)C1(COc2cccc3c2C(=N)NC(=O)C3)CC1. The summed E-state index contributed by atoms with van der Waals surface area (Å²) in [5.41, 5.74) is 9.09. The van der Waals surface area contributed by atoms with Crippen LogP contribution in [0.2, 0.25) is 0 Å². The van der Waals surface area contributed by atoms with Gasteiger partial charge < -0.3 is 30.9 Å². The van der Waals surface area contributed by atoms with E-state index in [1.807, 2.05) is 25.1 Å². The van der Waals surface area contributed by atoms with Crippen molar-refractivity contribution in [2.45, 2.75) is 39.0 Å². The molecule has 210 valence electrons. The van der Waals surface area contributed by atoms with Crippen molar-refractivity contribution >= 4 is 29.5 Å². The van der Waals surface area contributed by atoms with E-state index in [2.05, 4.69) is 22.2 Å². The Hall–Kier alpha value is -4.67. The number of carbonyl (C=O) groups is 3. The number of benzene rings is 2. The topological polar surface area (TPSA) is 176 Å². The van der Waals surface area contributed by atoms with Crippen LogP contribution in [-0.4, -0.2) is 54.3 Å². The molecule has 2 aliphatic heterocycles. The van der Waals surface area contributed by atoms with Crippen LogP contribution < -0.4 is 25.8 Å². The second kappa shape index (κ2) is 12.0. The predicted octanol–water partition coefficient (Wildman–Crippen LogP) is 2.29. The van der Waals surface area contributed by atoms with E-state index in [1.165, 1.54) is 0 Å². The Kier molecular flexibility index (Phi) is 8.52. The highest BCUT2D eigenvalue weighted by molar-refractivity contribution is 6.12. The van der Waals surface area contributed by atoms with Gasteiger partial charge >= 0.3 is 5.97 Å². The number of ether oxygens (including phenoxy) is 2. The quantitative estimate of drug-likeness (QED) is 0.320. The summed E-state index contributed by atoms with van der Waals surface area (Å²) >= 11 is 0. The molecule has 5 rings (SSSR count). The molecule has 6 N–H and O–H groups in total. The van der Waals surface area contributed by atoms with Crippen LogP contribution in [0, 0.1) is 10.8 Å². The third-order valence-electron chi connectivity index (χ3n) is 6.75. The van der Waals surface area contributed by atoms with Gasteiger partial charge in [0.15, 0.2) is 6.61 Å². The lowest BCUT2D eigenvalue weighted by molar-refractivity contribution is -0.139. The normalized spacial score (nSPS) is 16.2. The summed E-state index contributed by atoms with van der Waals surface area (Å²) in [6.45, 7) is 6.37. The number of nitrogens with two attached hydrogens (primary N) is 1. The molecular weight excluding hydrogens is 514 g/mol. The second-order valence-electron chi connectivity index (χ2n) is 9.93. The molecule has 11 heteroatoms. The molecule has 1 saturated carbocycles. The Bertz CT molecular complexity index is 1400. The van der Waals surface area contributed by atoms with Crippen LogP contribution in [0.3, 0.4) is 0 Å². The summed E-state index contributed by atoms with van der Waals surface area (Å²) in [5.74, 6) is 0.216. The number of rotatable bonds is 9. The van der Waals surface area contributed by atoms with E-state index >= 15 is 0 Å². The molecule has 2 aromatic carbocycles. The zero-order chi connectivity index (χ0) is 28.9. The Morgan fingerprint density at radius 1 is 1.12 bits per heavy atom. The predicted molar refractivity (Wildman–Crippen MR) is 149 cm³/mol. The molecule has 0 saturated heterocycles. The summed E-state index contributed by atoms with van der Waals surface area (Å²) < 4.78 is 11.1. The van der Waals surface area contributed by atoms with E-state index in [9.17, 15) is 14.4 Å². The van der Waals surface area contributed by atoms with Gasteiger partial charge in [-0.2, -0.15) is 0 Å². The van der Waals surface area contributed by atoms with E-state index in [-0.39, 0.29) is 24.1 Å². The van der Waals surface area contributed by atoms with Gasteiger partial charge in [0, 0.05) is 18.7 Å². The van der Waals surface area contributed by atoms with Crippen LogP contribution in [0.1, 0.15) is 48.4 Å². The number of fused-ring (bicyclic) bond motifs is 2. The van der Waals surface area contributed by atoms with Gasteiger partial charge in [-0.1, -0.05) is 37.8 Å². The van der Waals surface area contributed by atoms with Crippen LogP contribution in [0.5, 0.6) is 11.5 Å². The van der Waals surface area contributed by atoms with Crippen LogP contribution in [0.15, 0.2) is 53.7 Å². The van der Waals surface area contributed by atoms with Gasteiger partial charge in [0.05, 0.1) is 23.0 Å². The number of aliphatic imine (C=N–C) groups is 1. The smallest absolute Gasteiger partial charge is 0.341 e. The molecule has 3 aliphatic rings. The fourth-order valence-corrected chi connectivity index (χ4v) is 4.54. The van der Waals surface area contributed by atoms with Crippen molar-refractivity contribution in [2.24, 2.45) is 16.1 Å². The highest BCUT2D eigenvalue weighted by atomic mass is 16.5. The molecule has 1 fully saturated rings. The molecule has 2 aromatic rings. The van der Waals surface area contributed by atoms with E-state index in [0.29, 0.717) is 53.7 Å². The number of amides is 2. The summed E-state index contributed by atoms with van der Waals surface area (Å²) in [6, 6.07) is 10.8. The Labute approximate surface area is 232 Å². The van der Waals surface area contributed by atoms with Gasteiger partial charge in [0.2, 0.25) is 11.8 Å². The molecule has 2 heterocycles. The molecule has 0 spiro atoms. The molecule has 1 aliphatic carbocycles. The average Bonchev–Trinajstić information content (AvgIpc) is 3.70. The second-order valence-corrected chi connectivity index (χ2v) is 9.93. The summed E-state index contributed by atoms with van der Waals surface area (Å²) in [4.78, 5) is 38.3. The lowest BCUT2D eigenvalue weighted by Gasteiger charge is -2.22. The number of allylic oxidation sites excluding steroid dienone is 1. The first-order chi connectivity index (χ1) is 19.1. The fourth-order valence-electron chi connectivity index (χ4n) is 4.54. The van der Waals surface area contributed by atoms with Crippen LogP contribution in [-0.2, 0) is 27.2 Å². The first-order valence-electron chi connectivity index (χ1n) is 13.0. The number of aliphatic carboxylic acids is 1. The zero-order valence-electron chi connectivity index (χ0n) is 22.3. The molecule has 0 atom stereocenters. The Balaban J connectivity index is 0.000000194. The third kappa shape index (κ3) is 6.48. The molecule has 40 heavy (non-hydrogen) atoms. The molecule has 0 bridgehead atoms. The number of carboxylic acids is 1. The average molecular weight is 548 g/mol. The minimum Gasteiger partial charge on any atom is -0.492 e. The van der Waals surface area contributed by atoms with Crippen LogP contribution in [0.25, 0.3) is 0 Å². The number of carboxylic acid groups (broad SMARTS) is 1. The minimum atomic E-state index is -1.03. The maximum absolute atomic E-state index is 12.2. The number of hydrogen-bond acceptors (Lipinski definition) is 8. The van der Waals surface area contributed by atoms with E-state index in [1.54, 1.807) is 18.2 Å². The first-order valence-corrected chi connectivity index (χ1v) is 13.0. The molecule has 0 unspecified atom stereocenters. The van der Waals surface area contributed by atoms with Gasteiger partial charge in [0.1, 0.15) is 29.8 Å². The summed E-state index contributed by atoms with van der Waals surface area (Å²) in [7, 11) is 0. The Morgan fingerprint density at radius 3 is 2.40 bits per heavy atom. The van der Waals surface area contributed by atoms with Gasteiger partial charge in [-0.3, -0.25) is 15.0 Å². The maximum atomic E-state index is 12.2. The van der Waals surface area contributed by atoms with Gasteiger partial charge in [0.25, 0.3) is 0 Å². The number of nitrogens with zero attached hydrogens (tertiary/aromatic N) is 1. The number of carbonyl (C=O) groups excluding carboxylic acids is 2. The molecular formula is C29H33N5O6. The molecule has 11 nitrogen and oxygen atoms in total. The summed E-state index contributed by atoms with van der Waals surface area (Å²) in [6.07, 6.45) is 3.40. The lowest BCUT2D eigenvalue weighted by atomic mass is 9.98. The highest BCUT2D eigenvalue weighted by Crippen LogP contribution is 2.46. The maximum Gasteiger partial charge on any atom is 0.341 e. The molecule has 0 radical (unpaired) electrons. The molecule has 2 amide bonds. The van der Waals surface area contributed by atoms with Crippen LogP contribution in [0.4, 0.5) is 0 Å². The highest BCUT2D eigenvalue weighted by Gasteiger charge is 2.50. The van der Waals surface area contributed by atoms with E-state index in [4.69, 9.17) is 25.7 Å². The van der Waals surface area contributed by atoms with Gasteiger partial charge in [-0.25, -0.2) is 9.79 Å². The number of amidine groups is 2. The van der Waals surface area contributed by atoms with Gasteiger partial charge in [-0.05, 0) is 42.5 Å². The van der Waals surface area contributed by atoms with Crippen molar-refractivity contribution in [3.8, 4) is 11.5 Å². The number of nitrogens with one attached hydrogen (secondary N) is 3. The standard InChI is InChI=1S/C17H21N3O3.C12H12N2O3/c1-2-8-19-16(22)17(6-7-17)10-23-12-5-3-4-11-9-13(21)20-15(18)14(11)12;1-7-5-8-3-2-4-9(17-6-10(15)16)11(8)12(13)14-7/h3-5H,2,6-10H2,1H3,(H,19,22)(H2,18,20,21);2-4H,1,5-6H2,(H2,13,14)(H,15,16). The largest absolute Gasteiger partial charge is 0.492 e. The minimum absolute atomic E-state index is 0.0486. The summed E-state index contributed by atoms with van der Waals surface area (Å²) in [5, 5.41) is 22.0. The monoisotopic (exact) mass is 547 g/mol. The number of hydrogen-bond donors (Lipinski definition) is 5. The molecule has 0 aromatic heterocycles. The van der Waals surface area contributed by atoms with Crippen LogP contribution >= 0.6 is 0 Å². The van der Waals surface area contributed by atoms with Crippen molar-refractivity contribution in [1.82, 2.24) is 10.6 Å². The fraction of sp³-hybridized carbons (Fsp3) is 0.345. The Morgan fingerprint density at radius 2 is 1.77 bits per heavy atom.